The number of thiocarbonyl (C=S) groups is 1. The average molecular weight is 504 g/mol. The van der Waals surface area contributed by atoms with Crippen molar-refractivity contribution in [3.63, 3.8) is 0 Å². The molecule has 4 aromatic rings. The minimum absolute atomic E-state index is 0.197. The number of methoxy groups -OCH3 is 1. The maximum absolute atomic E-state index is 13.5. The molecule has 3 aromatic carbocycles. The lowest BCUT2D eigenvalue weighted by atomic mass is 10.0. The van der Waals surface area contributed by atoms with E-state index in [1.807, 2.05) is 26.0 Å². The number of fused-ring (bicyclic) bond motifs is 1. The van der Waals surface area contributed by atoms with Crippen molar-refractivity contribution in [1.82, 2.24) is 9.88 Å². The number of benzene rings is 3. The summed E-state index contributed by atoms with van der Waals surface area (Å²) >= 11 is 5.72. The van der Waals surface area contributed by atoms with Gasteiger partial charge in [-0.3, -0.25) is 4.79 Å². The van der Waals surface area contributed by atoms with E-state index in [1.54, 1.807) is 41.3 Å². The number of nitrogens with zero attached hydrogens (tertiary/aromatic N) is 1. The zero-order valence-electron chi connectivity index (χ0n) is 20.2. The van der Waals surface area contributed by atoms with Crippen LogP contribution in [0, 0.1) is 19.7 Å². The molecule has 0 fully saturated rings. The van der Waals surface area contributed by atoms with Crippen molar-refractivity contribution in [3.05, 3.63) is 111 Å². The highest BCUT2D eigenvalue weighted by Gasteiger charge is 2.18. The molecule has 0 unspecified atom stereocenters. The van der Waals surface area contributed by atoms with E-state index in [4.69, 9.17) is 17.0 Å². The fourth-order valence-corrected chi connectivity index (χ4v) is 4.36. The van der Waals surface area contributed by atoms with Crippen molar-refractivity contribution in [2.45, 2.75) is 26.9 Å². The van der Waals surface area contributed by atoms with Crippen molar-refractivity contribution < 1.29 is 13.9 Å². The highest BCUT2D eigenvalue weighted by molar-refractivity contribution is 7.80. The zero-order valence-corrected chi connectivity index (χ0v) is 21.0. The van der Waals surface area contributed by atoms with E-state index in [1.165, 1.54) is 19.2 Å². The number of hydrogen-bond acceptors (Lipinski definition) is 4. The molecule has 184 valence electrons. The lowest BCUT2D eigenvalue weighted by Crippen LogP contribution is -2.36. The number of rotatable bonds is 6. The third kappa shape index (κ3) is 5.60. The second kappa shape index (κ2) is 10.7. The van der Waals surface area contributed by atoms with Crippen LogP contribution in [0.4, 0.5) is 10.1 Å². The van der Waals surface area contributed by atoms with Crippen LogP contribution in [-0.4, -0.2) is 28.1 Å². The number of carbonyl (C=O) groups is 1. The van der Waals surface area contributed by atoms with Gasteiger partial charge in [0.2, 0.25) is 0 Å². The third-order valence-electron chi connectivity index (χ3n) is 5.90. The number of ether oxygens (including phenoxy) is 1. The molecule has 0 aliphatic rings. The number of H-pyrrole nitrogens is 1. The van der Waals surface area contributed by atoms with Gasteiger partial charge >= 0.3 is 5.97 Å². The van der Waals surface area contributed by atoms with Crippen LogP contribution in [0.5, 0.6) is 0 Å². The van der Waals surface area contributed by atoms with Gasteiger partial charge in [0.25, 0.3) is 5.56 Å². The lowest BCUT2D eigenvalue weighted by molar-refractivity contribution is 0.0602. The molecule has 0 bridgehead atoms. The summed E-state index contributed by atoms with van der Waals surface area (Å²) in [6.07, 6.45) is 0. The Morgan fingerprint density at radius 2 is 1.78 bits per heavy atom. The first-order valence-corrected chi connectivity index (χ1v) is 11.8. The Kier molecular flexibility index (Phi) is 7.45. The Balaban J connectivity index is 1.70. The summed E-state index contributed by atoms with van der Waals surface area (Å²) in [5.41, 5.74) is 4.84. The maximum Gasteiger partial charge on any atom is 0.339 e. The van der Waals surface area contributed by atoms with Gasteiger partial charge in [0.15, 0.2) is 5.11 Å². The van der Waals surface area contributed by atoms with Crippen LogP contribution in [-0.2, 0) is 17.8 Å². The van der Waals surface area contributed by atoms with Crippen molar-refractivity contribution in [1.29, 1.82) is 0 Å². The highest BCUT2D eigenvalue weighted by Crippen LogP contribution is 2.21. The van der Waals surface area contributed by atoms with Crippen LogP contribution >= 0.6 is 12.2 Å². The van der Waals surface area contributed by atoms with Gasteiger partial charge in [0, 0.05) is 23.0 Å². The second-order valence-electron chi connectivity index (χ2n) is 8.62. The number of aryl methyl sites for hydroxylation is 2. The molecule has 6 nitrogen and oxygen atoms in total. The SMILES string of the molecule is COC(=O)c1ccccc1NC(=S)N(Cc1ccc(F)cc1)Cc1cc2c(C)cc(C)cc2[nH]c1=O. The number of esters is 1. The first-order chi connectivity index (χ1) is 17.2. The third-order valence-corrected chi connectivity index (χ3v) is 6.26. The summed E-state index contributed by atoms with van der Waals surface area (Å²) in [4.78, 5) is 30.0. The molecule has 0 aliphatic carbocycles. The van der Waals surface area contributed by atoms with Gasteiger partial charge in [0.05, 0.1) is 24.9 Å². The predicted molar refractivity (Wildman–Crippen MR) is 144 cm³/mol. The quantitative estimate of drug-likeness (QED) is 0.269. The number of anilines is 1. The number of aromatic nitrogens is 1. The molecule has 0 saturated carbocycles. The molecule has 0 spiro atoms. The summed E-state index contributed by atoms with van der Waals surface area (Å²) in [7, 11) is 1.31. The van der Waals surface area contributed by atoms with Gasteiger partial charge in [0.1, 0.15) is 5.82 Å². The van der Waals surface area contributed by atoms with E-state index >= 15 is 0 Å². The second-order valence-corrected chi connectivity index (χ2v) is 9.00. The maximum atomic E-state index is 13.5. The van der Waals surface area contributed by atoms with E-state index in [0.717, 1.165) is 27.6 Å². The van der Waals surface area contributed by atoms with Crippen molar-refractivity contribution in [2.75, 3.05) is 12.4 Å². The first-order valence-electron chi connectivity index (χ1n) is 11.4. The summed E-state index contributed by atoms with van der Waals surface area (Å²) in [5.74, 6) is -0.836. The minimum Gasteiger partial charge on any atom is -0.465 e. The fourth-order valence-electron chi connectivity index (χ4n) is 4.12. The molecular formula is C28H26FN3O3S. The molecule has 1 aromatic heterocycles. The van der Waals surface area contributed by atoms with Crippen LogP contribution in [0.15, 0.2) is 71.5 Å². The fraction of sp³-hybridized carbons (Fsp3) is 0.179. The summed E-state index contributed by atoms with van der Waals surface area (Å²) < 4.78 is 18.4. The molecule has 0 saturated heterocycles. The Morgan fingerprint density at radius 1 is 1.06 bits per heavy atom. The van der Waals surface area contributed by atoms with E-state index in [-0.39, 0.29) is 17.9 Å². The number of nitrogens with one attached hydrogen (secondary N) is 2. The van der Waals surface area contributed by atoms with Gasteiger partial charge in [-0.2, -0.15) is 0 Å². The highest BCUT2D eigenvalue weighted by atomic mass is 32.1. The molecule has 0 amide bonds. The first kappa shape index (κ1) is 25.1. The topological polar surface area (TPSA) is 74.4 Å². The summed E-state index contributed by atoms with van der Waals surface area (Å²) in [5, 5.41) is 4.38. The zero-order chi connectivity index (χ0) is 25.8. The summed E-state index contributed by atoms with van der Waals surface area (Å²) in [6.45, 7) is 4.50. The summed E-state index contributed by atoms with van der Waals surface area (Å²) in [6, 6.07) is 18.9. The molecule has 1 heterocycles. The van der Waals surface area contributed by atoms with Crippen LogP contribution < -0.4 is 10.9 Å². The Labute approximate surface area is 213 Å². The van der Waals surface area contributed by atoms with Crippen LogP contribution in [0.2, 0.25) is 0 Å². The van der Waals surface area contributed by atoms with Gasteiger partial charge in [-0.05, 0) is 79.2 Å². The standard InChI is InChI=1S/C28H26FN3O3S/c1-17-12-18(2)23-14-20(26(33)30-25(23)13-17)16-32(15-19-8-10-21(29)11-9-19)28(36)31-24-7-5-4-6-22(24)27(34)35-3/h4-14H,15-16H2,1-3H3,(H,30,33)(H,31,36). The Bertz CT molecular complexity index is 1500. The van der Waals surface area contributed by atoms with Crippen LogP contribution in [0.25, 0.3) is 10.9 Å². The van der Waals surface area contributed by atoms with Gasteiger partial charge < -0.3 is 19.9 Å². The number of aromatic amines is 1. The van der Waals surface area contributed by atoms with Gasteiger partial charge in [-0.1, -0.05) is 30.3 Å². The van der Waals surface area contributed by atoms with E-state index in [0.29, 0.717) is 28.5 Å². The molecule has 0 atom stereocenters. The van der Waals surface area contributed by atoms with Crippen LogP contribution in [0.1, 0.15) is 32.6 Å². The van der Waals surface area contributed by atoms with Crippen molar-refractivity contribution in [2.24, 2.45) is 0 Å². The predicted octanol–water partition coefficient (Wildman–Crippen LogP) is 5.47. The monoisotopic (exact) mass is 503 g/mol. The molecule has 8 heteroatoms. The number of carbonyl (C=O) groups excluding carboxylic acids is 1. The van der Waals surface area contributed by atoms with Gasteiger partial charge in [-0.15, -0.1) is 0 Å². The van der Waals surface area contributed by atoms with Crippen LogP contribution in [0.3, 0.4) is 0 Å². The average Bonchev–Trinajstić information content (AvgIpc) is 2.85. The Hall–Kier alpha value is -4.04. The normalized spacial score (nSPS) is 10.8. The lowest BCUT2D eigenvalue weighted by Gasteiger charge is -2.26. The molecule has 4 rings (SSSR count). The number of hydrogen-bond donors (Lipinski definition) is 2. The number of para-hydroxylation sites is 1. The van der Waals surface area contributed by atoms with E-state index in [2.05, 4.69) is 16.4 Å². The van der Waals surface area contributed by atoms with E-state index < -0.39 is 5.97 Å². The molecule has 0 aliphatic heterocycles. The largest absolute Gasteiger partial charge is 0.465 e. The van der Waals surface area contributed by atoms with Crippen molar-refractivity contribution >= 4 is 39.9 Å². The smallest absolute Gasteiger partial charge is 0.339 e. The number of halogens is 1. The number of pyridine rings is 1. The molecular weight excluding hydrogens is 477 g/mol. The van der Waals surface area contributed by atoms with Gasteiger partial charge in [-0.25, -0.2) is 9.18 Å². The molecule has 0 radical (unpaired) electrons. The van der Waals surface area contributed by atoms with Crippen molar-refractivity contribution in [3.8, 4) is 0 Å². The molecule has 2 N–H and O–H groups in total. The minimum atomic E-state index is -0.497. The molecule has 36 heavy (non-hydrogen) atoms. The van der Waals surface area contributed by atoms with E-state index in [9.17, 15) is 14.0 Å². The Morgan fingerprint density at radius 3 is 2.50 bits per heavy atom.